The minimum atomic E-state index is -0.629. The number of carbonyl (C=O) groups excluding carboxylic acids is 2. The summed E-state index contributed by atoms with van der Waals surface area (Å²) in [5.74, 6) is -1.48. The molecule has 0 bridgehead atoms. The number of carbonyl (C=O) groups is 2. The molecule has 1 aliphatic heterocycles. The Hall–Kier alpha value is -2.31. The number of rotatable bonds is 2. The fourth-order valence-corrected chi connectivity index (χ4v) is 3.13. The Balaban J connectivity index is 1.84. The third-order valence-electron chi connectivity index (χ3n) is 3.05. The zero-order valence-corrected chi connectivity index (χ0v) is 13.2. The van der Waals surface area contributed by atoms with E-state index in [9.17, 15) is 14.0 Å². The number of nitrogens with one attached hydrogen (secondary N) is 2. The monoisotopic (exact) mass is 348 g/mol. The first-order chi connectivity index (χ1) is 11.0. The number of amides is 2. The highest BCUT2D eigenvalue weighted by atomic mass is 35.5. The first-order valence-electron chi connectivity index (χ1n) is 6.59. The predicted octanol–water partition coefficient (Wildman–Crippen LogP) is 3.96. The van der Waals surface area contributed by atoms with Gasteiger partial charge in [0.15, 0.2) is 0 Å². The molecule has 0 radical (unpaired) electrons. The summed E-state index contributed by atoms with van der Waals surface area (Å²) in [6.45, 7) is 0. The van der Waals surface area contributed by atoms with Crippen LogP contribution in [0.25, 0.3) is 0 Å². The van der Waals surface area contributed by atoms with E-state index in [0.29, 0.717) is 11.4 Å². The zero-order chi connectivity index (χ0) is 16.4. The number of para-hydroxylation sites is 1. The van der Waals surface area contributed by atoms with E-state index in [-0.39, 0.29) is 9.94 Å². The molecule has 2 aromatic rings. The second kappa shape index (κ2) is 6.44. The van der Waals surface area contributed by atoms with Gasteiger partial charge in [0.25, 0.3) is 11.8 Å². The van der Waals surface area contributed by atoms with Crippen molar-refractivity contribution in [2.45, 2.75) is 4.90 Å². The molecular formula is C16H10ClFN2O2S. The van der Waals surface area contributed by atoms with Crippen LogP contribution in [0.15, 0.2) is 63.4 Å². The lowest BCUT2D eigenvalue weighted by atomic mass is 10.3. The Morgan fingerprint density at radius 1 is 1.13 bits per heavy atom. The van der Waals surface area contributed by atoms with E-state index >= 15 is 0 Å². The molecule has 0 atom stereocenters. The van der Waals surface area contributed by atoms with E-state index in [1.54, 1.807) is 12.1 Å². The molecule has 2 aromatic carbocycles. The van der Waals surface area contributed by atoms with Gasteiger partial charge in [-0.3, -0.25) is 9.59 Å². The van der Waals surface area contributed by atoms with E-state index in [0.717, 1.165) is 16.7 Å². The van der Waals surface area contributed by atoms with Crippen LogP contribution in [-0.4, -0.2) is 11.8 Å². The Bertz CT molecular complexity index is 821. The summed E-state index contributed by atoms with van der Waals surface area (Å²) in [7, 11) is 0. The molecule has 4 nitrogen and oxygen atoms in total. The molecule has 23 heavy (non-hydrogen) atoms. The van der Waals surface area contributed by atoms with Crippen LogP contribution >= 0.6 is 23.4 Å². The molecule has 1 aliphatic rings. The standard InChI is InChI=1S/C16H10ClFN2O2S/c17-13(15(21)19-10-7-5-9(18)6-8-10)14-16(22)20-11-3-1-2-4-12(11)23-14/h1-8H,(H,19,21)(H,20,22). The van der Waals surface area contributed by atoms with Gasteiger partial charge < -0.3 is 10.6 Å². The number of benzene rings is 2. The normalized spacial score (nSPS) is 15.5. The topological polar surface area (TPSA) is 58.2 Å². The van der Waals surface area contributed by atoms with Gasteiger partial charge in [-0.2, -0.15) is 0 Å². The van der Waals surface area contributed by atoms with Crippen molar-refractivity contribution < 1.29 is 14.0 Å². The molecular weight excluding hydrogens is 339 g/mol. The van der Waals surface area contributed by atoms with Gasteiger partial charge in [0, 0.05) is 10.6 Å². The average molecular weight is 349 g/mol. The van der Waals surface area contributed by atoms with E-state index in [2.05, 4.69) is 10.6 Å². The average Bonchev–Trinajstić information content (AvgIpc) is 2.55. The van der Waals surface area contributed by atoms with Crippen molar-refractivity contribution in [2.75, 3.05) is 10.6 Å². The largest absolute Gasteiger partial charge is 0.321 e. The van der Waals surface area contributed by atoms with Crippen LogP contribution in [0.5, 0.6) is 0 Å². The third-order valence-corrected chi connectivity index (χ3v) is 4.70. The number of halogens is 2. The molecule has 0 unspecified atom stereocenters. The Labute approximate surface area is 140 Å². The first kappa shape index (κ1) is 15.6. The maximum Gasteiger partial charge on any atom is 0.268 e. The highest BCUT2D eigenvalue weighted by Crippen LogP contribution is 2.40. The summed E-state index contributed by atoms with van der Waals surface area (Å²) in [6.07, 6.45) is 0. The third kappa shape index (κ3) is 3.38. The van der Waals surface area contributed by atoms with Crippen molar-refractivity contribution in [3.05, 3.63) is 64.3 Å². The number of hydrogen-bond acceptors (Lipinski definition) is 3. The molecule has 2 N–H and O–H groups in total. The van der Waals surface area contributed by atoms with Gasteiger partial charge in [-0.15, -0.1) is 0 Å². The van der Waals surface area contributed by atoms with Crippen LogP contribution < -0.4 is 10.6 Å². The van der Waals surface area contributed by atoms with Crippen LogP contribution in [0.4, 0.5) is 15.8 Å². The van der Waals surface area contributed by atoms with Crippen LogP contribution in [0.2, 0.25) is 0 Å². The second-order valence-corrected chi connectivity index (χ2v) is 6.09. The van der Waals surface area contributed by atoms with Gasteiger partial charge in [-0.1, -0.05) is 35.5 Å². The SMILES string of the molecule is O=C(Nc1ccc(F)cc1)C(Cl)=C1Sc2ccccc2NC1=O. The summed E-state index contributed by atoms with van der Waals surface area (Å²) < 4.78 is 12.9. The Morgan fingerprint density at radius 2 is 1.83 bits per heavy atom. The second-order valence-electron chi connectivity index (χ2n) is 4.66. The summed E-state index contributed by atoms with van der Waals surface area (Å²) in [4.78, 5) is 25.2. The van der Waals surface area contributed by atoms with E-state index in [4.69, 9.17) is 11.6 Å². The maximum atomic E-state index is 12.9. The lowest BCUT2D eigenvalue weighted by molar-refractivity contribution is -0.114. The van der Waals surface area contributed by atoms with Crippen LogP contribution in [0, 0.1) is 5.82 Å². The van der Waals surface area contributed by atoms with E-state index in [1.807, 2.05) is 12.1 Å². The van der Waals surface area contributed by atoms with E-state index < -0.39 is 17.6 Å². The van der Waals surface area contributed by atoms with Crippen molar-refractivity contribution in [3.8, 4) is 0 Å². The molecule has 116 valence electrons. The van der Waals surface area contributed by atoms with Crippen molar-refractivity contribution in [2.24, 2.45) is 0 Å². The summed E-state index contributed by atoms with van der Waals surface area (Å²) in [5, 5.41) is 4.99. The number of anilines is 2. The molecule has 0 saturated carbocycles. The molecule has 0 aromatic heterocycles. The quantitative estimate of drug-likeness (QED) is 0.808. The van der Waals surface area contributed by atoms with Crippen molar-refractivity contribution >= 4 is 46.6 Å². The molecule has 2 amide bonds. The Kier molecular flexibility index (Phi) is 4.36. The van der Waals surface area contributed by atoms with Crippen LogP contribution in [0.3, 0.4) is 0 Å². The lowest BCUT2D eigenvalue weighted by Gasteiger charge is -2.19. The van der Waals surface area contributed by atoms with Crippen LogP contribution in [0.1, 0.15) is 0 Å². The first-order valence-corrected chi connectivity index (χ1v) is 7.79. The number of thioether (sulfide) groups is 1. The van der Waals surface area contributed by atoms with Gasteiger partial charge >= 0.3 is 0 Å². The summed E-state index contributed by atoms with van der Waals surface area (Å²) in [6, 6.07) is 12.5. The zero-order valence-electron chi connectivity index (χ0n) is 11.6. The van der Waals surface area contributed by atoms with Crippen LogP contribution in [-0.2, 0) is 9.59 Å². The summed E-state index contributed by atoms with van der Waals surface area (Å²) in [5.41, 5.74) is 1.06. The van der Waals surface area contributed by atoms with Gasteiger partial charge in [0.2, 0.25) is 0 Å². The van der Waals surface area contributed by atoms with E-state index in [1.165, 1.54) is 24.3 Å². The highest BCUT2D eigenvalue weighted by molar-refractivity contribution is 8.04. The molecule has 1 heterocycles. The summed E-state index contributed by atoms with van der Waals surface area (Å²) >= 11 is 7.19. The molecule has 0 aliphatic carbocycles. The lowest BCUT2D eigenvalue weighted by Crippen LogP contribution is -2.21. The fraction of sp³-hybridized carbons (Fsp3) is 0. The van der Waals surface area contributed by atoms with Gasteiger partial charge in [-0.25, -0.2) is 4.39 Å². The highest BCUT2D eigenvalue weighted by Gasteiger charge is 2.26. The van der Waals surface area contributed by atoms with Crippen molar-refractivity contribution in [3.63, 3.8) is 0 Å². The van der Waals surface area contributed by atoms with Gasteiger partial charge in [-0.05, 0) is 36.4 Å². The Morgan fingerprint density at radius 3 is 2.57 bits per heavy atom. The number of fused-ring (bicyclic) bond motifs is 1. The van der Waals surface area contributed by atoms with Crippen molar-refractivity contribution in [1.82, 2.24) is 0 Å². The molecule has 3 rings (SSSR count). The molecule has 0 saturated heterocycles. The smallest absolute Gasteiger partial charge is 0.268 e. The minimum absolute atomic E-state index is 0.116. The van der Waals surface area contributed by atoms with Gasteiger partial charge in [0.05, 0.1) is 5.69 Å². The fourth-order valence-electron chi connectivity index (χ4n) is 1.96. The molecule has 0 spiro atoms. The minimum Gasteiger partial charge on any atom is -0.321 e. The van der Waals surface area contributed by atoms with Crippen molar-refractivity contribution in [1.29, 1.82) is 0 Å². The predicted molar refractivity (Wildman–Crippen MR) is 88.8 cm³/mol. The molecule has 7 heteroatoms. The molecule has 0 fully saturated rings. The number of hydrogen-bond donors (Lipinski definition) is 2. The van der Waals surface area contributed by atoms with Gasteiger partial charge in [0.1, 0.15) is 15.8 Å². The maximum absolute atomic E-state index is 12.9.